The molecule has 5 heterocycles. The number of ether oxygens (including phenoxy) is 5. The second kappa shape index (κ2) is 11.9. The Morgan fingerprint density at radius 3 is 2.67 bits per heavy atom. The van der Waals surface area contributed by atoms with Crippen LogP contribution >= 0.6 is 0 Å². The van der Waals surface area contributed by atoms with Gasteiger partial charge in [-0.3, -0.25) is 19.3 Å². The molecule has 4 aromatic rings. The fourth-order valence-electron chi connectivity index (χ4n) is 6.28. The smallest absolute Gasteiger partial charge is 0.451 e. The lowest BCUT2D eigenvalue weighted by atomic mass is 9.91. The second-order valence-corrected chi connectivity index (χ2v) is 10.7. The van der Waals surface area contributed by atoms with Crippen molar-refractivity contribution in [3.8, 4) is 22.7 Å². The third-order valence-corrected chi connectivity index (χ3v) is 8.23. The molecular weight excluding hydrogens is 606 g/mol. The number of aromatic nitrogens is 2. The number of fused-ring (bicyclic) bond motifs is 7. The van der Waals surface area contributed by atoms with E-state index in [4.69, 9.17) is 23.7 Å². The van der Waals surface area contributed by atoms with E-state index < -0.39 is 48.1 Å². The number of para-hydroxylation sites is 1. The molecule has 0 unspecified atom stereocenters. The molecule has 2 atom stereocenters. The van der Waals surface area contributed by atoms with Crippen LogP contribution in [0.25, 0.3) is 16.9 Å². The molecule has 1 amide bonds. The van der Waals surface area contributed by atoms with E-state index in [9.17, 15) is 18.8 Å². The molecule has 2 aromatic heterocycles. The van der Waals surface area contributed by atoms with Gasteiger partial charge in [0, 0.05) is 43.2 Å². The maximum absolute atomic E-state index is 15.9. The minimum absolute atomic E-state index is 0.0520. The predicted molar refractivity (Wildman–Crippen MR) is 157 cm³/mol. The molecule has 0 radical (unpaired) electrons. The summed E-state index contributed by atoms with van der Waals surface area (Å²) in [6.07, 6.45) is 1.44. The standard InChI is InChI=1S/C32H28F2N4O8/c1-42-15-16-44-32(41)46-18-45-30-24(39)10-12-37-29(30)31(40)36-13-14-43-17-25(36)38(37)28-19-5-2-3-6-22(19)35-11-4-7-23(35)26-20(28)8-9-21(33)27(26)34/h2-12,25,28H,13-18H2,1H3/t25-,28-/m1/s1. The van der Waals surface area contributed by atoms with Crippen molar-refractivity contribution < 1.29 is 42.1 Å². The van der Waals surface area contributed by atoms with Crippen molar-refractivity contribution >= 4 is 12.1 Å². The Morgan fingerprint density at radius 2 is 1.83 bits per heavy atom. The van der Waals surface area contributed by atoms with Gasteiger partial charge >= 0.3 is 6.16 Å². The lowest BCUT2D eigenvalue weighted by Gasteiger charge is -2.51. The van der Waals surface area contributed by atoms with Crippen LogP contribution in [0.2, 0.25) is 0 Å². The number of morpholine rings is 1. The van der Waals surface area contributed by atoms with Crippen molar-refractivity contribution in [2.75, 3.05) is 51.9 Å². The van der Waals surface area contributed by atoms with Crippen molar-refractivity contribution in [2.45, 2.75) is 12.2 Å². The Bertz CT molecular complexity index is 1890. The fourth-order valence-corrected chi connectivity index (χ4v) is 6.28. The topological polar surface area (TPSA) is 114 Å². The van der Waals surface area contributed by atoms with E-state index in [0.717, 1.165) is 11.6 Å². The van der Waals surface area contributed by atoms with Gasteiger partial charge in [0.15, 0.2) is 17.3 Å². The van der Waals surface area contributed by atoms with Crippen LogP contribution in [0.5, 0.6) is 5.75 Å². The lowest BCUT2D eigenvalue weighted by molar-refractivity contribution is -0.0216. The molecule has 0 aliphatic carbocycles. The van der Waals surface area contributed by atoms with E-state index in [1.165, 1.54) is 30.1 Å². The third kappa shape index (κ3) is 4.77. The molecule has 0 N–H and O–H groups in total. The van der Waals surface area contributed by atoms with Crippen LogP contribution in [0.15, 0.2) is 71.8 Å². The van der Waals surface area contributed by atoms with Gasteiger partial charge in [0.1, 0.15) is 18.8 Å². The summed E-state index contributed by atoms with van der Waals surface area (Å²) in [5, 5.41) is 1.81. The Balaban J connectivity index is 1.40. The summed E-state index contributed by atoms with van der Waals surface area (Å²) in [7, 11) is 1.45. The molecule has 46 heavy (non-hydrogen) atoms. The van der Waals surface area contributed by atoms with E-state index in [0.29, 0.717) is 16.9 Å². The summed E-state index contributed by atoms with van der Waals surface area (Å²) >= 11 is 0. The normalized spacial score (nSPS) is 18.0. The quantitative estimate of drug-likeness (QED) is 0.171. The number of methoxy groups -OCH3 is 1. The van der Waals surface area contributed by atoms with Gasteiger partial charge < -0.3 is 33.2 Å². The zero-order chi connectivity index (χ0) is 31.9. The maximum atomic E-state index is 15.9. The van der Waals surface area contributed by atoms with Gasteiger partial charge in [-0.2, -0.15) is 0 Å². The summed E-state index contributed by atoms with van der Waals surface area (Å²) in [4.78, 5) is 40.8. The molecule has 0 spiro atoms. The Labute approximate surface area is 260 Å². The van der Waals surface area contributed by atoms with Crippen molar-refractivity contribution in [1.82, 2.24) is 14.1 Å². The number of carbonyl (C=O) groups is 2. The summed E-state index contributed by atoms with van der Waals surface area (Å²) in [6, 6.07) is 13.9. The Morgan fingerprint density at radius 1 is 0.978 bits per heavy atom. The highest BCUT2D eigenvalue weighted by Crippen LogP contribution is 2.46. The van der Waals surface area contributed by atoms with Gasteiger partial charge in [0.25, 0.3) is 5.91 Å². The SMILES string of the molecule is COCCOC(=O)OCOc1c2n(ccc1=O)N([C@@H]1c3ccccc3-n3cccc3-c3c1ccc(F)c3F)[C@@H]1COCCN1C2=O. The van der Waals surface area contributed by atoms with Gasteiger partial charge in [-0.25, -0.2) is 13.6 Å². The summed E-state index contributed by atoms with van der Waals surface area (Å²) in [5.74, 6) is -2.89. The minimum Gasteiger partial charge on any atom is -0.451 e. The summed E-state index contributed by atoms with van der Waals surface area (Å²) in [5.41, 5.74) is 1.61. The van der Waals surface area contributed by atoms with Crippen molar-refractivity contribution in [3.63, 3.8) is 0 Å². The monoisotopic (exact) mass is 634 g/mol. The number of benzene rings is 2. The summed E-state index contributed by atoms with van der Waals surface area (Å²) < 4.78 is 60.2. The van der Waals surface area contributed by atoms with E-state index in [-0.39, 0.29) is 50.0 Å². The van der Waals surface area contributed by atoms with Crippen LogP contribution in [0.3, 0.4) is 0 Å². The Kier molecular flexibility index (Phi) is 7.66. The average Bonchev–Trinajstić information content (AvgIpc) is 3.51. The van der Waals surface area contributed by atoms with Gasteiger partial charge in [0.05, 0.1) is 31.2 Å². The average molecular weight is 635 g/mol. The lowest BCUT2D eigenvalue weighted by Crippen LogP contribution is -2.66. The molecule has 1 saturated heterocycles. The number of hydrogen-bond donors (Lipinski definition) is 0. The fraction of sp³-hybridized carbons (Fsp3) is 0.281. The maximum Gasteiger partial charge on any atom is 0.511 e. The largest absolute Gasteiger partial charge is 0.511 e. The predicted octanol–water partition coefficient (Wildman–Crippen LogP) is 3.57. The molecule has 1 fully saturated rings. The van der Waals surface area contributed by atoms with Gasteiger partial charge in [-0.05, 0) is 29.8 Å². The highest BCUT2D eigenvalue weighted by molar-refractivity contribution is 5.97. The van der Waals surface area contributed by atoms with E-state index in [1.807, 2.05) is 29.3 Å². The van der Waals surface area contributed by atoms with Gasteiger partial charge in [-0.1, -0.05) is 24.3 Å². The number of hydrogen-bond acceptors (Lipinski definition) is 9. The third-order valence-electron chi connectivity index (χ3n) is 8.23. The molecule has 3 aliphatic heterocycles. The van der Waals surface area contributed by atoms with Gasteiger partial charge in [-0.15, -0.1) is 0 Å². The van der Waals surface area contributed by atoms with Crippen molar-refractivity contribution in [1.29, 1.82) is 0 Å². The molecular formula is C32H28F2N4O8. The first-order valence-corrected chi connectivity index (χ1v) is 14.5. The molecule has 2 aromatic carbocycles. The number of rotatable bonds is 7. The van der Waals surface area contributed by atoms with Gasteiger partial charge in [0.2, 0.25) is 18.0 Å². The number of carbonyl (C=O) groups excluding carboxylic acids is 2. The number of amides is 1. The summed E-state index contributed by atoms with van der Waals surface area (Å²) in [6.45, 7) is -0.0962. The van der Waals surface area contributed by atoms with Crippen molar-refractivity contribution in [3.05, 3.63) is 106 Å². The van der Waals surface area contributed by atoms with E-state index in [1.54, 1.807) is 27.8 Å². The van der Waals surface area contributed by atoms with Crippen LogP contribution in [0.4, 0.5) is 13.6 Å². The van der Waals surface area contributed by atoms with Crippen LogP contribution in [-0.2, 0) is 18.9 Å². The molecule has 0 saturated carbocycles. The zero-order valence-electron chi connectivity index (χ0n) is 24.6. The molecule has 12 nitrogen and oxygen atoms in total. The Hall–Kier alpha value is -5.21. The molecule has 14 heteroatoms. The highest BCUT2D eigenvalue weighted by Gasteiger charge is 2.47. The first-order valence-electron chi connectivity index (χ1n) is 14.5. The number of halogens is 2. The van der Waals surface area contributed by atoms with Crippen LogP contribution < -0.4 is 15.2 Å². The molecule has 238 valence electrons. The second-order valence-electron chi connectivity index (χ2n) is 10.7. The van der Waals surface area contributed by atoms with Crippen LogP contribution in [0, 0.1) is 11.6 Å². The van der Waals surface area contributed by atoms with E-state index >= 15 is 4.39 Å². The zero-order valence-corrected chi connectivity index (χ0v) is 24.6. The number of pyridine rings is 1. The number of nitrogens with zero attached hydrogens (tertiary/aromatic N) is 4. The van der Waals surface area contributed by atoms with E-state index in [2.05, 4.69) is 0 Å². The van der Waals surface area contributed by atoms with Crippen molar-refractivity contribution in [2.24, 2.45) is 0 Å². The molecule has 7 rings (SSSR count). The highest BCUT2D eigenvalue weighted by atomic mass is 19.2. The first kappa shape index (κ1) is 29.5. The molecule has 3 aliphatic rings. The van der Waals surface area contributed by atoms with Crippen LogP contribution in [-0.4, -0.2) is 79.2 Å². The van der Waals surface area contributed by atoms with Crippen LogP contribution in [0.1, 0.15) is 27.7 Å². The minimum atomic E-state index is -1.05. The first-order chi connectivity index (χ1) is 22.4. The molecule has 0 bridgehead atoms.